The summed E-state index contributed by atoms with van der Waals surface area (Å²) in [6.07, 6.45) is -0.268. The molecule has 2 aromatic heterocycles. The van der Waals surface area contributed by atoms with E-state index in [1.165, 1.54) is 47.7 Å². The van der Waals surface area contributed by atoms with Gasteiger partial charge in [-0.05, 0) is 48.9 Å². The number of ether oxygens (including phenoxy) is 1. The van der Waals surface area contributed by atoms with Crippen LogP contribution in [0.25, 0.3) is 0 Å². The summed E-state index contributed by atoms with van der Waals surface area (Å²) >= 11 is 0. The molecule has 4 rings (SSSR count). The summed E-state index contributed by atoms with van der Waals surface area (Å²) in [6, 6.07) is 6.93. The normalized spacial score (nSPS) is 20.0. The number of hydrogen-bond acceptors (Lipinski definition) is 9. The second-order valence-corrected chi connectivity index (χ2v) is 10.2. The van der Waals surface area contributed by atoms with Crippen molar-refractivity contribution in [3.05, 3.63) is 71.6 Å². The first kappa shape index (κ1) is 27.6. The number of nitrogens with zero attached hydrogens (tertiary/aromatic N) is 4. The summed E-state index contributed by atoms with van der Waals surface area (Å²) in [6.45, 7) is -0.142. The zero-order chi connectivity index (χ0) is 27.5. The smallest absolute Gasteiger partial charge is 0.406 e. The number of carbonyl (C=O) groups excluding carboxylic acids is 1. The zero-order valence-electron chi connectivity index (χ0n) is 19.8. The van der Waals surface area contributed by atoms with Crippen LogP contribution in [0.4, 0.5) is 13.2 Å². The lowest BCUT2D eigenvalue weighted by molar-refractivity contribution is -0.274. The van der Waals surface area contributed by atoms with Crippen LogP contribution in [0.2, 0.25) is 0 Å². The second-order valence-electron chi connectivity index (χ2n) is 8.95. The van der Waals surface area contributed by atoms with E-state index >= 15 is 0 Å². The van der Waals surface area contributed by atoms with Gasteiger partial charge in [0.2, 0.25) is 5.78 Å². The van der Waals surface area contributed by atoms with Crippen LogP contribution in [0.1, 0.15) is 40.2 Å². The molecule has 0 bridgehead atoms. The van der Waals surface area contributed by atoms with Crippen molar-refractivity contribution in [2.45, 2.75) is 38.3 Å². The van der Waals surface area contributed by atoms with Gasteiger partial charge in [0, 0.05) is 18.3 Å². The van der Waals surface area contributed by atoms with Crippen LogP contribution in [0, 0.1) is 11.8 Å². The van der Waals surface area contributed by atoms with Gasteiger partial charge in [-0.1, -0.05) is 12.1 Å². The van der Waals surface area contributed by atoms with Crippen molar-refractivity contribution < 1.29 is 40.4 Å². The molecule has 1 aliphatic carbocycles. The highest BCUT2D eigenvalue weighted by molar-refractivity contribution is 7.84. The maximum absolute atomic E-state index is 13.2. The first-order chi connectivity index (χ1) is 17.9. The average Bonchev–Trinajstić information content (AvgIpc) is 3.42. The third-order valence-corrected chi connectivity index (χ3v) is 6.54. The number of benzene rings is 1. The lowest BCUT2D eigenvalue weighted by Gasteiger charge is -2.13. The van der Waals surface area contributed by atoms with E-state index < -0.39 is 34.5 Å². The molecule has 3 N–H and O–H groups in total. The monoisotopic (exact) mass is 555 g/mol. The fraction of sp³-hybridized carbons (Fsp3) is 0.391. The van der Waals surface area contributed by atoms with Gasteiger partial charge >= 0.3 is 16.7 Å². The van der Waals surface area contributed by atoms with E-state index in [1.54, 1.807) is 6.07 Å². The number of hydrogen-bond donors (Lipinski definition) is 2. The number of halogens is 3. The fourth-order valence-corrected chi connectivity index (χ4v) is 4.83. The summed E-state index contributed by atoms with van der Waals surface area (Å²) in [4.78, 5) is 21.4. The first-order valence-electron chi connectivity index (χ1n) is 11.4. The number of aliphatic hydroxyl groups excluding tert-OH is 1. The highest BCUT2D eigenvalue weighted by Gasteiger charge is 2.35. The van der Waals surface area contributed by atoms with Crippen molar-refractivity contribution in [3.63, 3.8) is 0 Å². The molecular weight excluding hydrogens is 531 g/mol. The van der Waals surface area contributed by atoms with E-state index in [1.807, 2.05) is 0 Å². The molecule has 15 heteroatoms. The molecule has 0 saturated heterocycles. The Labute approximate surface area is 215 Å². The molecule has 3 atom stereocenters. The molecular formula is C23H24F3N5O6S. The molecule has 204 valence electrons. The van der Waals surface area contributed by atoms with Gasteiger partial charge in [0.15, 0.2) is 0 Å². The molecule has 38 heavy (non-hydrogen) atoms. The highest BCUT2D eigenvalue weighted by Crippen LogP contribution is 2.34. The van der Waals surface area contributed by atoms with Crippen LogP contribution in [-0.4, -0.2) is 58.1 Å². The lowest BCUT2D eigenvalue weighted by Crippen LogP contribution is -2.24. The Morgan fingerprint density at radius 3 is 2.76 bits per heavy atom. The Morgan fingerprint density at radius 1 is 1.24 bits per heavy atom. The van der Waals surface area contributed by atoms with Crippen LogP contribution < -0.4 is 9.88 Å². The van der Waals surface area contributed by atoms with Crippen LogP contribution >= 0.6 is 0 Å². The highest BCUT2D eigenvalue weighted by atomic mass is 32.2. The average molecular weight is 556 g/mol. The second kappa shape index (κ2) is 11.1. The molecule has 0 radical (unpaired) electrons. The predicted octanol–water partition coefficient (Wildman–Crippen LogP) is 2.00. The number of rotatable bonds is 10. The minimum absolute atomic E-state index is 0.0923. The van der Waals surface area contributed by atoms with Crippen LogP contribution in [0.5, 0.6) is 5.75 Å². The van der Waals surface area contributed by atoms with E-state index in [0.29, 0.717) is 30.5 Å². The molecule has 1 fully saturated rings. The number of aromatic nitrogens is 4. The van der Waals surface area contributed by atoms with Crippen molar-refractivity contribution in [2.75, 3.05) is 6.61 Å². The van der Waals surface area contributed by atoms with Gasteiger partial charge in [0.25, 0.3) is 0 Å². The van der Waals surface area contributed by atoms with Gasteiger partial charge in [-0.2, -0.15) is 13.5 Å². The van der Waals surface area contributed by atoms with Gasteiger partial charge in [-0.15, -0.1) is 13.2 Å². The molecule has 1 aliphatic rings. The minimum atomic E-state index is -4.81. The van der Waals surface area contributed by atoms with E-state index in [9.17, 15) is 31.5 Å². The maximum atomic E-state index is 13.2. The third kappa shape index (κ3) is 7.56. The topological polar surface area (TPSA) is 160 Å². The van der Waals surface area contributed by atoms with Gasteiger partial charge in [0.05, 0.1) is 30.5 Å². The molecule has 0 unspecified atom stereocenters. The fourth-order valence-electron chi connectivity index (χ4n) is 4.46. The van der Waals surface area contributed by atoms with Crippen molar-refractivity contribution in [1.82, 2.24) is 19.7 Å². The van der Waals surface area contributed by atoms with Crippen molar-refractivity contribution in [3.8, 4) is 5.75 Å². The number of carbonyl (C=O) groups is 1. The molecule has 3 aromatic rings. The summed E-state index contributed by atoms with van der Waals surface area (Å²) in [5, 5.41) is 19.4. The Hall–Kier alpha value is -3.40. The Bertz CT molecular complexity index is 1400. The summed E-state index contributed by atoms with van der Waals surface area (Å²) in [5.41, 5.74) is 1.24. The zero-order valence-corrected chi connectivity index (χ0v) is 20.6. The molecule has 0 amide bonds. The largest absolute Gasteiger partial charge is 0.573 e. The Balaban J connectivity index is 1.43. The lowest BCUT2D eigenvalue weighted by atomic mass is 9.96. The van der Waals surface area contributed by atoms with E-state index in [0.717, 1.165) is 0 Å². The Kier molecular flexibility index (Phi) is 8.10. The van der Waals surface area contributed by atoms with Gasteiger partial charge < -0.3 is 9.84 Å². The van der Waals surface area contributed by atoms with E-state index in [2.05, 4.69) is 24.0 Å². The van der Waals surface area contributed by atoms with Gasteiger partial charge in [0.1, 0.15) is 17.8 Å². The summed E-state index contributed by atoms with van der Waals surface area (Å²) in [5.74, 6) is -1.33. The maximum Gasteiger partial charge on any atom is 0.573 e. The van der Waals surface area contributed by atoms with Crippen molar-refractivity contribution >= 4 is 16.1 Å². The van der Waals surface area contributed by atoms with E-state index in [-0.39, 0.29) is 36.1 Å². The molecule has 0 spiro atoms. The molecule has 0 aliphatic heterocycles. The van der Waals surface area contributed by atoms with Gasteiger partial charge in [-0.25, -0.2) is 15.1 Å². The SMILES string of the molecule is NS(=O)(=O)OC[C@H]1C[C@@H](Cc2ncncc2C(=O)c2ccn(Cc3cccc(OC(F)(F)F)c3)n2)C[C@@H]1O. The van der Waals surface area contributed by atoms with Crippen molar-refractivity contribution in [2.24, 2.45) is 17.0 Å². The number of alkyl halides is 3. The minimum Gasteiger partial charge on any atom is -0.406 e. The molecule has 1 aromatic carbocycles. The van der Waals surface area contributed by atoms with E-state index in [4.69, 9.17) is 5.14 Å². The predicted molar refractivity (Wildman–Crippen MR) is 125 cm³/mol. The summed E-state index contributed by atoms with van der Waals surface area (Å²) < 4.78 is 69.6. The quantitative estimate of drug-likeness (QED) is 0.357. The van der Waals surface area contributed by atoms with Crippen LogP contribution in [-0.2, 0) is 27.5 Å². The standard InChI is InChI=1S/C23H24F3N5O6S/c24-23(25,26)37-17-3-1-2-14(7-17)11-31-5-4-19(30-31)22(33)18-10-28-13-29-20(18)8-15-6-16(21(32)9-15)12-36-38(27,34)35/h1-5,7,10,13,15-16,21,32H,6,8-9,11-12H2,(H2,27,34,35)/t15-,16+,21-/m0/s1. The number of nitrogens with two attached hydrogens (primary N) is 1. The molecule has 11 nitrogen and oxygen atoms in total. The molecule has 2 heterocycles. The third-order valence-electron chi connectivity index (χ3n) is 6.07. The van der Waals surface area contributed by atoms with Crippen LogP contribution in [0.15, 0.2) is 49.1 Å². The Morgan fingerprint density at radius 2 is 2.03 bits per heavy atom. The number of ketones is 1. The number of aliphatic hydroxyl groups is 1. The van der Waals surface area contributed by atoms with Crippen molar-refractivity contribution in [1.29, 1.82) is 0 Å². The molecule has 1 saturated carbocycles. The summed E-state index contributed by atoms with van der Waals surface area (Å²) in [7, 11) is -4.12. The first-order valence-corrected chi connectivity index (χ1v) is 12.9. The van der Waals surface area contributed by atoms with Gasteiger partial charge in [-0.3, -0.25) is 13.7 Å². The van der Waals surface area contributed by atoms with Crippen LogP contribution in [0.3, 0.4) is 0 Å².